The predicted octanol–water partition coefficient (Wildman–Crippen LogP) is 1.97. The molecule has 130 valence electrons. The average Bonchev–Trinajstić information content (AvgIpc) is 2.34. The van der Waals surface area contributed by atoms with Crippen molar-refractivity contribution in [2.24, 2.45) is 11.1 Å². The summed E-state index contributed by atoms with van der Waals surface area (Å²) in [7, 11) is 0. The summed E-state index contributed by atoms with van der Waals surface area (Å²) < 4.78 is 11.6. The number of hydrogen-bond donors (Lipinski definition) is 1. The second-order valence-corrected chi connectivity index (χ2v) is 7.71. The number of rotatable bonds is 3. The fourth-order valence-electron chi connectivity index (χ4n) is 3.69. The predicted molar refractivity (Wildman–Crippen MR) is 89.2 cm³/mol. The van der Waals surface area contributed by atoms with Gasteiger partial charge in [0.15, 0.2) is 0 Å². The molecule has 0 aromatic carbocycles. The first-order valence-electron chi connectivity index (χ1n) is 7.91. The Morgan fingerprint density at radius 2 is 1.95 bits per heavy atom. The molecule has 22 heavy (non-hydrogen) atoms. The quantitative estimate of drug-likeness (QED) is 0.857. The SMILES string of the molecule is CCOC1CC(N)(C(=O)N2CC(C)OC(C)(C)C2)C1(C)C.Cl. The summed E-state index contributed by atoms with van der Waals surface area (Å²) in [6, 6.07) is 0. The van der Waals surface area contributed by atoms with Gasteiger partial charge >= 0.3 is 0 Å². The molecule has 0 aromatic rings. The smallest absolute Gasteiger partial charge is 0.243 e. The number of nitrogens with zero attached hydrogens (tertiary/aromatic N) is 1. The molecule has 1 saturated carbocycles. The summed E-state index contributed by atoms with van der Waals surface area (Å²) in [6.07, 6.45) is 0.689. The summed E-state index contributed by atoms with van der Waals surface area (Å²) in [6.45, 7) is 13.9. The second kappa shape index (κ2) is 6.27. The number of morpholine rings is 1. The summed E-state index contributed by atoms with van der Waals surface area (Å²) in [5.74, 6) is 0.0340. The average molecular weight is 335 g/mol. The third-order valence-electron chi connectivity index (χ3n) is 5.07. The molecule has 0 aromatic heterocycles. The van der Waals surface area contributed by atoms with E-state index in [9.17, 15) is 4.79 Å². The molecule has 0 bridgehead atoms. The van der Waals surface area contributed by atoms with E-state index >= 15 is 0 Å². The number of carbonyl (C=O) groups excluding carboxylic acids is 1. The van der Waals surface area contributed by atoms with Gasteiger partial charge in [0.25, 0.3) is 0 Å². The maximum Gasteiger partial charge on any atom is 0.243 e. The van der Waals surface area contributed by atoms with Crippen LogP contribution in [0.25, 0.3) is 0 Å². The van der Waals surface area contributed by atoms with Crippen LogP contribution in [0.15, 0.2) is 0 Å². The van der Waals surface area contributed by atoms with Crippen molar-refractivity contribution >= 4 is 18.3 Å². The molecular formula is C16H31ClN2O3. The maximum absolute atomic E-state index is 13.0. The molecule has 2 fully saturated rings. The van der Waals surface area contributed by atoms with Crippen LogP contribution in [0.1, 0.15) is 48.0 Å². The van der Waals surface area contributed by atoms with E-state index in [-0.39, 0.29) is 41.5 Å². The topological polar surface area (TPSA) is 64.8 Å². The van der Waals surface area contributed by atoms with Crippen molar-refractivity contribution < 1.29 is 14.3 Å². The zero-order valence-electron chi connectivity index (χ0n) is 14.6. The van der Waals surface area contributed by atoms with Crippen LogP contribution < -0.4 is 5.73 Å². The number of amides is 1. The van der Waals surface area contributed by atoms with E-state index in [1.165, 1.54) is 0 Å². The Morgan fingerprint density at radius 3 is 2.41 bits per heavy atom. The molecule has 3 unspecified atom stereocenters. The first-order chi connectivity index (χ1) is 9.53. The van der Waals surface area contributed by atoms with Gasteiger partial charge in [-0.05, 0) is 27.7 Å². The van der Waals surface area contributed by atoms with Gasteiger partial charge in [-0.1, -0.05) is 13.8 Å². The first-order valence-corrected chi connectivity index (χ1v) is 7.91. The molecule has 2 rings (SSSR count). The summed E-state index contributed by atoms with van der Waals surface area (Å²) in [5.41, 5.74) is 5.00. The molecule has 1 saturated heterocycles. The monoisotopic (exact) mass is 334 g/mol. The highest BCUT2D eigenvalue weighted by Gasteiger charge is 2.64. The molecule has 0 spiro atoms. The molecule has 2 N–H and O–H groups in total. The van der Waals surface area contributed by atoms with Gasteiger partial charge in [-0.25, -0.2) is 0 Å². The van der Waals surface area contributed by atoms with Gasteiger partial charge in [-0.2, -0.15) is 0 Å². The minimum atomic E-state index is -0.833. The van der Waals surface area contributed by atoms with Crippen molar-refractivity contribution in [1.82, 2.24) is 4.90 Å². The van der Waals surface area contributed by atoms with Crippen molar-refractivity contribution in [3.05, 3.63) is 0 Å². The Hall–Kier alpha value is -0.360. The van der Waals surface area contributed by atoms with E-state index in [2.05, 4.69) is 0 Å². The summed E-state index contributed by atoms with van der Waals surface area (Å²) >= 11 is 0. The zero-order chi connectivity index (χ0) is 16.1. The van der Waals surface area contributed by atoms with Crippen molar-refractivity contribution in [3.8, 4) is 0 Å². The number of carbonyl (C=O) groups is 1. The van der Waals surface area contributed by atoms with Crippen molar-refractivity contribution in [2.75, 3.05) is 19.7 Å². The third-order valence-corrected chi connectivity index (χ3v) is 5.07. The molecule has 1 heterocycles. The summed E-state index contributed by atoms with van der Waals surface area (Å²) in [5, 5.41) is 0. The molecular weight excluding hydrogens is 304 g/mol. The van der Waals surface area contributed by atoms with Crippen LogP contribution in [0.4, 0.5) is 0 Å². The van der Waals surface area contributed by atoms with Gasteiger partial charge in [0, 0.05) is 31.5 Å². The minimum absolute atomic E-state index is 0. The van der Waals surface area contributed by atoms with E-state index < -0.39 is 5.54 Å². The number of nitrogens with two attached hydrogens (primary N) is 1. The number of hydrogen-bond acceptors (Lipinski definition) is 4. The Labute approximate surface area is 140 Å². The highest BCUT2D eigenvalue weighted by molar-refractivity contribution is 5.89. The van der Waals surface area contributed by atoms with Crippen LogP contribution >= 0.6 is 12.4 Å². The van der Waals surface area contributed by atoms with Crippen molar-refractivity contribution in [2.45, 2.75) is 71.3 Å². The molecule has 2 aliphatic rings. The lowest BCUT2D eigenvalue weighted by atomic mass is 9.54. The van der Waals surface area contributed by atoms with Crippen LogP contribution in [-0.4, -0.2) is 53.9 Å². The third kappa shape index (κ3) is 3.14. The van der Waals surface area contributed by atoms with Gasteiger partial charge in [0.1, 0.15) is 5.54 Å². The van der Waals surface area contributed by atoms with Crippen LogP contribution in [0.5, 0.6) is 0 Å². The lowest BCUT2D eigenvalue weighted by molar-refractivity contribution is -0.192. The standard InChI is InChI=1S/C16H30N2O3.ClH/c1-7-20-12-8-16(17,15(12,5)6)13(19)18-9-11(2)21-14(3,4)10-18;/h11-12H,7-10,17H2,1-6H3;1H. The summed E-state index contributed by atoms with van der Waals surface area (Å²) in [4.78, 5) is 14.9. The number of ether oxygens (including phenoxy) is 2. The minimum Gasteiger partial charge on any atom is -0.378 e. The fourth-order valence-corrected chi connectivity index (χ4v) is 3.69. The largest absolute Gasteiger partial charge is 0.378 e. The Morgan fingerprint density at radius 1 is 1.36 bits per heavy atom. The van der Waals surface area contributed by atoms with E-state index in [4.69, 9.17) is 15.2 Å². The maximum atomic E-state index is 13.0. The Kier molecular flexibility index (Phi) is 5.61. The molecule has 1 aliphatic carbocycles. The van der Waals surface area contributed by atoms with Crippen molar-refractivity contribution in [3.63, 3.8) is 0 Å². The second-order valence-electron chi connectivity index (χ2n) is 7.71. The molecule has 3 atom stereocenters. The van der Waals surface area contributed by atoms with Crippen LogP contribution in [0.3, 0.4) is 0 Å². The molecule has 1 amide bonds. The molecule has 1 aliphatic heterocycles. The van der Waals surface area contributed by atoms with Crippen LogP contribution in [0.2, 0.25) is 0 Å². The van der Waals surface area contributed by atoms with Gasteiger partial charge < -0.3 is 20.1 Å². The van der Waals surface area contributed by atoms with Gasteiger partial charge in [-0.3, -0.25) is 4.79 Å². The zero-order valence-corrected chi connectivity index (χ0v) is 15.5. The normalized spacial score (nSPS) is 36.2. The molecule has 6 heteroatoms. The Bertz CT molecular complexity index is 428. The van der Waals surface area contributed by atoms with Gasteiger partial charge in [0.2, 0.25) is 5.91 Å². The molecule has 5 nitrogen and oxygen atoms in total. The molecule has 0 radical (unpaired) electrons. The number of halogens is 1. The van der Waals surface area contributed by atoms with Gasteiger partial charge in [0.05, 0.1) is 17.8 Å². The highest BCUT2D eigenvalue weighted by atomic mass is 35.5. The van der Waals surface area contributed by atoms with E-state index in [0.29, 0.717) is 26.1 Å². The fraction of sp³-hybridized carbons (Fsp3) is 0.938. The van der Waals surface area contributed by atoms with Crippen molar-refractivity contribution in [1.29, 1.82) is 0 Å². The lowest BCUT2D eigenvalue weighted by Gasteiger charge is -2.59. The lowest BCUT2D eigenvalue weighted by Crippen LogP contribution is -2.77. The highest BCUT2D eigenvalue weighted by Crippen LogP contribution is 2.50. The van der Waals surface area contributed by atoms with E-state index in [1.807, 2.05) is 46.4 Å². The van der Waals surface area contributed by atoms with Crippen LogP contribution in [-0.2, 0) is 14.3 Å². The van der Waals surface area contributed by atoms with Crippen LogP contribution in [0, 0.1) is 5.41 Å². The van der Waals surface area contributed by atoms with E-state index in [1.54, 1.807) is 0 Å². The van der Waals surface area contributed by atoms with Gasteiger partial charge in [-0.15, -0.1) is 12.4 Å². The van der Waals surface area contributed by atoms with E-state index in [0.717, 1.165) is 0 Å². The first kappa shape index (κ1) is 19.7. The Balaban J connectivity index is 0.00000242.